The van der Waals surface area contributed by atoms with Crippen LogP contribution in [0.2, 0.25) is 0 Å². The van der Waals surface area contributed by atoms with Gasteiger partial charge in [-0.1, -0.05) is 31.2 Å². The van der Waals surface area contributed by atoms with Crippen LogP contribution in [-0.4, -0.2) is 19.8 Å². The zero-order valence-corrected chi connectivity index (χ0v) is 12.6. The van der Waals surface area contributed by atoms with Crippen LogP contribution in [0.1, 0.15) is 31.7 Å². The summed E-state index contributed by atoms with van der Waals surface area (Å²) >= 11 is 0. The minimum Gasteiger partial charge on any atom is -0.492 e. The van der Waals surface area contributed by atoms with Crippen molar-refractivity contribution in [1.82, 2.24) is 0 Å². The maximum absolute atomic E-state index is 8.97. The fourth-order valence-electron chi connectivity index (χ4n) is 2.50. The van der Waals surface area contributed by atoms with Gasteiger partial charge in [-0.3, -0.25) is 0 Å². The summed E-state index contributed by atoms with van der Waals surface area (Å²) in [6, 6.07) is 9.45. The number of rotatable bonds is 7. The van der Waals surface area contributed by atoms with E-state index in [0.717, 1.165) is 19.4 Å². The molecule has 0 amide bonds. The lowest BCUT2D eigenvalue weighted by atomic mass is 9.85. The van der Waals surface area contributed by atoms with Crippen molar-refractivity contribution >= 4 is 0 Å². The molecule has 0 aromatic heterocycles. The molecule has 0 bridgehead atoms. The second-order valence-electron chi connectivity index (χ2n) is 5.57. The first-order chi connectivity index (χ1) is 10.3. The fraction of sp³-hybridized carbons (Fsp3) is 0.500. The van der Waals surface area contributed by atoms with Crippen molar-refractivity contribution in [2.45, 2.75) is 26.2 Å². The average molecular weight is 285 g/mol. The average Bonchev–Trinajstić information content (AvgIpc) is 2.52. The first kappa shape index (κ1) is 15.6. The number of hydrogen-bond acceptors (Lipinski definition) is 3. The molecule has 1 aromatic rings. The van der Waals surface area contributed by atoms with E-state index in [1.807, 2.05) is 18.2 Å². The lowest BCUT2D eigenvalue weighted by Gasteiger charge is -2.24. The van der Waals surface area contributed by atoms with Crippen LogP contribution >= 0.6 is 0 Å². The number of para-hydroxylation sites is 1. The van der Waals surface area contributed by atoms with E-state index in [9.17, 15) is 0 Å². The maximum Gasteiger partial charge on any atom is 0.137 e. The molecule has 3 heteroatoms. The normalized spacial score (nSPS) is 21.0. The Hall–Kier alpha value is -1.79. The van der Waals surface area contributed by atoms with Gasteiger partial charge >= 0.3 is 0 Å². The molecule has 0 saturated heterocycles. The van der Waals surface area contributed by atoms with E-state index in [4.69, 9.17) is 14.7 Å². The van der Waals surface area contributed by atoms with Gasteiger partial charge in [0.25, 0.3) is 0 Å². The molecule has 112 valence electrons. The van der Waals surface area contributed by atoms with E-state index in [-0.39, 0.29) is 0 Å². The number of ether oxygens (including phenoxy) is 2. The van der Waals surface area contributed by atoms with Crippen LogP contribution in [0.4, 0.5) is 0 Å². The highest BCUT2D eigenvalue weighted by molar-refractivity contribution is 5.42. The van der Waals surface area contributed by atoms with Gasteiger partial charge in [-0.15, -0.1) is 0 Å². The zero-order chi connectivity index (χ0) is 14.9. The number of nitriles is 1. The van der Waals surface area contributed by atoms with Gasteiger partial charge in [-0.05, 0) is 36.8 Å². The van der Waals surface area contributed by atoms with Crippen LogP contribution in [-0.2, 0) is 4.74 Å². The Kier molecular flexibility index (Phi) is 6.30. The SMILES string of the molecule is CC1CC=CCC1COCCCOc1ccccc1C#N. The van der Waals surface area contributed by atoms with E-state index in [1.54, 1.807) is 6.07 Å². The Morgan fingerprint density at radius 3 is 2.81 bits per heavy atom. The van der Waals surface area contributed by atoms with Crippen molar-refractivity contribution < 1.29 is 9.47 Å². The molecule has 2 unspecified atom stereocenters. The first-order valence-corrected chi connectivity index (χ1v) is 7.66. The minimum absolute atomic E-state index is 0.582. The van der Waals surface area contributed by atoms with Crippen LogP contribution in [0.15, 0.2) is 36.4 Å². The van der Waals surface area contributed by atoms with E-state index < -0.39 is 0 Å². The van der Waals surface area contributed by atoms with Gasteiger partial charge in [-0.2, -0.15) is 5.26 Å². The van der Waals surface area contributed by atoms with E-state index in [0.29, 0.717) is 36.4 Å². The highest BCUT2D eigenvalue weighted by Gasteiger charge is 2.17. The second-order valence-corrected chi connectivity index (χ2v) is 5.57. The van der Waals surface area contributed by atoms with Gasteiger partial charge in [0.15, 0.2) is 0 Å². The molecule has 0 heterocycles. The molecule has 2 atom stereocenters. The van der Waals surface area contributed by atoms with Crippen LogP contribution in [0.25, 0.3) is 0 Å². The van der Waals surface area contributed by atoms with Crippen molar-refractivity contribution in [3.8, 4) is 11.8 Å². The summed E-state index contributed by atoms with van der Waals surface area (Å²) in [6.45, 7) is 4.42. The van der Waals surface area contributed by atoms with Crippen LogP contribution in [0, 0.1) is 23.2 Å². The molecule has 1 aliphatic rings. The fourth-order valence-corrected chi connectivity index (χ4v) is 2.50. The molecule has 0 spiro atoms. The minimum atomic E-state index is 0.582. The largest absolute Gasteiger partial charge is 0.492 e. The molecule has 1 aliphatic carbocycles. The lowest BCUT2D eigenvalue weighted by molar-refractivity contribution is 0.0710. The zero-order valence-electron chi connectivity index (χ0n) is 12.6. The van der Waals surface area contributed by atoms with Crippen molar-refractivity contribution in [2.75, 3.05) is 19.8 Å². The summed E-state index contributed by atoms with van der Waals surface area (Å²) in [5, 5.41) is 8.97. The highest BCUT2D eigenvalue weighted by Crippen LogP contribution is 2.25. The third-order valence-corrected chi connectivity index (χ3v) is 3.95. The summed E-state index contributed by atoms with van der Waals surface area (Å²) in [5.41, 5.74) is 0.584. The molecule has 2 rings (SSSR count). The van der Waals surface area contributed by atoms with Gasteiger partial charge < -0.3 is 9.47 Å². The van der Waals surface area contributed by atoms with E-state index in [1.165, 1.54) is 6.42 Å². The van der Waals surface area contributed by atoms with Crippen LogP contribution in [0.3, 0.4) is 0 Å². The summed E-state index contributed by atoms with van der Waals surface area (Å²) < 4.78 is 11.4. The number of nitrogens with zero attached hydrogens (tertiary/aromatic N) is 1. The maximum atomic E-state index is 8.97. The Morgan fingerprint density at radius 1 is 1.19 bits per heavy atom. The Balaban J connectivity index is 1.60. The van der Waals surface area contributed by atoms with E-state index in [2.05, 4.69) is 25.1 Å². The molecule has 0 radical (unpaired) electrons. The second kappa shape index (κ2) is 8.49. The molecule has 0 aliphatic heterocycles. The van der Waals surface area contributed by atoms with Gasteiger partial charge in [0.2, 0.25) is 0 Å². The summed E-state index contributed by atoms with van der Waals surface area (Å²) in [5.74, 6) is 2.02. The van der Waals surface area contributed by atoms with Crippen LogP contribution < -0.4 is 4.74 Å². The topological polar surface area (TPSA) is 42.2 Å². The summed E-state index contributed by atoms with van der Waals surface area (Å²) in [6.07, 6.45) is 7.67. The molecule has 0 saturated carbocycles. The van der Waals surface area contributed by atoms with Crippen molar-refractivity contribution in [2.24, 2.45) is 11.8 Å². The van der Waals surface area contributed by atoms with Gasteiger partial charge in [0.05, 0.1) is 12.2 Å². The Morgan fingerprint density at radius 2 is 2.00 bits per heavy atom. The molecule has 1 aromatic carbocycles. The van der Waals surface area contributed by atoms with Gasteiger partial charge in [0.1, 0.15) is 11.8 Å². The summed E-state index contributed by atoms with van der Waals surface area (Å²) in [7, 11) is 0. The molecular formula is C18H23NO2. The van der Waals surface area contributed by atoms with Crippen molar-refractivity contribution in [3.05, 3.63) is 42.0 Å². The smallest absolute Gasteiger partial charge is 0.137 e. The number of hydrogen-bond donors (Lipinski definition) is 0. The standard InChI is InChI=1S/C18H23NO2/c1-15-7-2-3-9-17(15)14-20-11-6-12-21-18-10-5-4-8-16(18)13-19/h2-5,8,10,15,17H,6-7,9,11-12,14H2,1H3. The Labute approximate surface area is 127 Å². The summed E-state index contributed by atoms with van der Waals surface area (Å²) in [4.78, 5) is 0. The highest BCUT2D eigenvalue weighted by atomic mass is 16.5. The van der Waals surface area contributed by atoms with E-state index >= 15 is 0 Å². The van der Waals surface area contributed by atoms with Crippen molar-refractivity contribution in [3.63, 3.8) is 0 Å². The third-order valence-electron chi connectivity index (χ3n) is 3.95. The predicted octanol–water partition coefficient (Wildman–Crippen LogP) is 3.95. The molecule has 3 nitrogen and oxygen atoms in total. The number of benzene rings is 1. The quantitative estimate of drug-likeness (QED) is 0.563. The van der Waals surface area contributed by atoms with Crippen molar-refractivity contribution in [1.29, 1.82) is 5.26 Å². The monoisotopic (exact) mass is 285 g/mol. The molecular weight excluding hydrogens is 262 g/mol. The lowest BCUT2D eigenvalue weighted by Crippen LogP contribution is -2.20. The molecule has 0 fully saturated rings. The van der Waals surface area contributed by atoms with Gasteiger partial charge in [-0.25, -0.2) is 0 Å². The first-order valence-electron chi connectivity index (χ1n) is 7.66. The Bertz CT molecular complexity index is 504. The predicted molar refractivity (Wildman–Crippen MR) is 83.1 cm³/mol. The molecule has 21 heavy (non-hydrogen) atoms. The van der Waals surface area contributed by atoms with Gasteiger partial charge in [0, 0.05) is 19.6 Å². The third kappa shape index (κ3) is 4.91. The van der Waals surface area contributed by atoms with Crippen LogP contribution in [0.5, 0.6) is 5.75 Å². The molecule has 0 N–H and O–H groups in total. The number of allylic oxidation sites excluding steroid dienone is 2.